The second-order valence-corrected chi connectivity index (χ2v) is 12.3. The summed E-state index contributed by atoms with van der Waals surface area (Å²) in [6.07, 6.45) is 10.7. The van der Waals surface area contributed by atoms with Gasteiger partial charge in [-0.3, -0.25) is 4.79 Å². The van der Waals surface area contributed by atoms with Crippen molar-refractivity contribution >= 4 is 29.5 Å². The summed E-state index contributed by atoms with van der Waals surface area (Å²) in [5.41, 5.74) is 5.81. The topological polar surface area (TPSA) is 46.5 Å². The lowest BCUT2D eigenvalue weighted by molar-refractivity contribution is -0.140. The molecule has 32 heavy (non-hydrogen) atoms. The van der Waals surface area contributed by atoms with E-state index in [0.717, 1.165) is 28.4 Å². The van der Waals surface area contributed by atoms with Crippen LogP contribution in [-0.4, -0.2) is 28.2 Å². The Hall–Kier alpha value is -0.810. The number of phenolic OH excluding ortho intramolecular Hbond substituents is 1. The summed E-state index contributed by atoms with van der Waals surface area (Å²) in [6.45, 7) is 15.1. The maximum Gasteiger partial charge on any atom is 0.302 e. The average Bonchev–Trinajstić information content (AvgIpc) is 2.73. The van der Waals surface area contributed by atoms with Gasteiger partial charge in [0, 0.05) is 28.9 Å². The van der Waals surface area contributed by atoms with Crippen molar-refractivity contribution in [1.82, 2.24) is 0 Å². The zero-order valence-electron chi connectivity index (χ0n) is 21.6. The molecular formula is C27H46O3S2. The van der Waals surface area contributed by atoms with Crippen molar-refractivity contribution in [2.45, 2.75) is 116 Å². The number of benzene rings is 1. The van der Waals surface area contributed by atoms with E-state index in [4.69, 9.17) is 4.74 Å². The van der Waals surface area contributed by atoms with Gasteiger partial charge in [0.2, 0.25) is 0 Å². The lowest BCUT2D eigenvalue weighted by Gasteiger charge is -2.26. The molecule has 0 spiro atoms. The minimum absolute atomic E-state index is 0.232. The summed E-state index contributed by atoms with van der Waals surface area (Å²) < 4.78 is 5.27. The van der Waals surface area contributed by atoms with Crippen molar-refractivity contribution in [3.05, 3.63) is 27.8 Å². The maximum atomic E-state index is 10.9. The molecule has 3 nitrogen and oxygen atoms in total. The average molecular weight is 483 g/mol. The van der Waals surface area contributed by atoms with Gasteiger partial charge in [-0.25, -0.2) is 0 Å². The highest BCUT2D eigenvalue weighted by Gasteiger charge is 2.22. The van der Waals surface area contributed by atoms with E-state index in [9.17, 15) is 9.90 Å². The molecule has 0 aliphatic carbocycles. The third-order valence-electron chi connectivity index (χ3n) is 6.29. The minimum atomic E-state index is -0.232. The molecule has 0 amide bonds. The number of carbonyl (C=O) groups excluding carboxylic acids is 1. The fourth-order valence-electron chi connectivity index (χ4n) is 4.01. The van der Waals surface area contributed by atoms with Gasteiger partial charge in [-0.1, -0.05) is 65.7 Å². The molecule has 1 N–H and O–H groups in total. The van der Waals surface area contributed by atoms with E-state index in [0.29, 0.717) is 12.4 Å². The molecule has 1 rings (SSSR count). The number of hydrogen-bond acceptors (Lipinski definition) is 5. The highest BCUT2D eigenvalue weighted by molar-refractivity contribution is 7.99. The molecule has 0 fully saturated rings. The molecule has 0 aliphatic heterocycles. The second-order valence-electron chi connectivity index (χ2n) is 9.49. The zero-order chi connectivity index (χ0) is 24.1. The molecule has 0 aromatic heterocycles. The Morgan fingerprint density at radius 1 is 0.906 bits per heavy atom. The van der Waals surface area contributed by atoms with Crippen LogP contribution in [0.25, 0.3) is 0 Å². The molecule has 1 aromatic carbocycles. The molecule has 184 valence electrons. The highest BCUT2D eigenvalue weighted by atomic mass is 32.2. The van der Waals surface area contributed by atoms with E-state index in [1.54, 1.807) is 11.8 Å². The van der Waals surface area contributed by atoms with E-state index in [2.05, 4.69) is 27.7 Å². The number of hydrogen-bond donors (Lipinski definition) is 1. The van der Waals surface area contributed by atoms with Gasteiger partial charge in [-0.2, -0.15) is 23.5 Å². The first-order valence-electron chi connectivity index (χ1n) is 12.3. The molecule has 0 bridgehead atoms. The van der Waals surface area contributed by atoms with Crippen molar-refractivity contribution in [2.75, 3.05) is 12.4 Å². The van der Waals surface area contributed by atoms with Crippen molar-refractivity contribution in [1.29, 1.82) is 0 Å². The van der Waals surface area contributed by atoms with Gasteiger partial charge < -0.3 is 9.84 Å². The number of thioether (sulfide) groups is 2. The van der Waals surface area contributed by atoms with Gasteiger partial charge in [0.05, 0.1) is 0 Å². The lowest BCUT2D eigenvalue weighted by Crippen LogP contribution is -2.15. The van der Waals surface area contributed by atoms with E-state index < -0.39 is 0 Å². The van der Waals surface area contributed by atoms with Crippen molar-refractivity contribution < 1.29 is 14.6 Å². The molecule has 0 unspecified atom stereocenters. The number of ether oxygens (including phenoxy) is 1. The monoisotopic (exact) mass is 482 g/mol. The van der Waals surface area contributed by atoms with Crippen molar-refractivity contribution in [3.8, 4) is 5.75 Å². The van der Waals surface area contributed by atoms with Crippen molar-refractivity contribution in [2.24, 2.45) is 0 Å². The van der Waals surface area contributed by atoms with E-state index in [-0.39, 0.29) is 10.7 Å². The van der Waals surface area contributed by atoms with E-state index in [1.165, 1.54) is 75.0 Å². The Kier molecular flexibility index (Phi) is 13.8. The summed E-state index contributed by atoms with van der Waals surface area (Å²) in [7, 11) is 0. The summed E-state index contributed by atoms with van der Waals surface area (Å²) in [6, 6.07) is 0. The quantitative estimate of drug-likeness (QED) is 0.190. The highest BCUT2D eigenvalue weighted by Crippen LogP contribution is 2.39. The van der Waals surface area contributed by atoms with Crippen LogP contribution >= 0.6 is 23.5 Å². The third-order valence-corrected chi connectivity index (χ3v) is 8.66. The molecule has 0 saturated heterocycles. The molecular weight excluding hydrogens is 436 g/mol. The normalized spacial score (nSPS) is 11.7. The first-order chi connectivity index (χ1) is 15.1. The minimum Gasteiger partial charge on any atom is -0.507 e. The zero-order valence-corrected chi connectivity index (χ0v) is 23.2. The molecule has 0 atom stereocenters. The van der Waals surface area contributed by atoms with Crippen LogP contribution in [0.3, 0.4) is 0 Å². The lowest BCUT2D eigenvalue weighted by atomic mass is 9.94. The van der Waals surface area contributed by atoms with Crippen LogP contribution in [0.1, 0.15) is 107 Å². The first kappa shape index (κ1) is 29.2. The molecule has 5 heteroatoms. The van der Waals surface area contributed by atoms with Gasteiger partial charge in [0.15, 0.2) is 0 Å². The number of rotatable bonds is 16. The largest absolute Gasteiger partial charge is 0.507 e. The summed E-state index contributed by atoms with van der Waals surface area (Å²) in [5, 5.41) is 10.8. The maximum absolute atomic E-state index is 10.9. The van der Waals surface area contributed by atoms with Gasteiger partial charge in [0.25, 0.3) is 0 Å². The Labute approximate surface area is 205 Å². The van der Waals surface area contributed by atoms with Crippen LogP contribution in [0.2, 0.25) is 0 Å². The van der Waals surface area contributed by atoms with Crippen LogP contribution in [0, 0.1) is 20.8 Å². The molecule has 0 saturated carbocycles. The van der Waals surface area contributed by atoms with Crippen molar-refractivity contribution in [3.63, 3.8) is 0 Å². The van der Waals surface area contributed by atoms with E-state index in [1.807, 2.05) is 25.6 Å². The predicted octanol–water partition coefficient (Wildman–Crippen LogP) is 8.27. The molecule has 1 aromatic rings. The van der Waals surface area contributed by atoms with Gasteiger partial charge in [0.1, 0.15) is 12.4 Å². The Balaban J connectivity index is 2.66. The second kappa shape index (κ2) is 15.2. The smallest absolute Gasteiger partial charge is 0.302 e. The molecule has 0 radical (unpaired) electrons. The molecule has 0 aliphatic rings. The summed E-state index contributed by atoms with van der Waals surface area (Å²) in [4.78, 5) is 10.9. The molecule has 0 heterocycles. The third kappa shape index (κ3) is 10.4. The summed E-state index contributed by atoms with van der Waals surface area (Å²) in [5.74, 6) is 2.73. The van der Waals surface area contributed by atoms with E-state index >= 15 is 0 Å². The fourth-order valence-corrected chi connectivity index (χ4v) is 6.25. The van der Waals surface area contributed by atoms with Crippen LogP contribution in [0.5, 0.6) is 5.75 Å². The Morgan fingerprint density at radius 3 is 2.06 bits per heavy atom. The number of unbranched alkanes of at least 4 members (excludes halogenated alkanes) is 6. The van der Waals surface area contributed by atoms with Crippen LogP contribution in [0.15, 0.2) is 0 Å². The Morgan fingerprint density at radius 2 is 1.47 bits per heavy atom. The van der Waals surface area contributed by atoms with Crippen LogP contribution in [0.4, 0.5) is 0 Å². The first-order valence-corrected chi connectivity index (χ1v) is 14.4. The number of esters is 1. The van der Waals surface area contributed by atoms with Gasteiger partial charge in [-0.05, 0) is 55.0 Å². The predicted molar refractivity (Wildman–Crippen MR) is 143 cm³/mol. The Bertz CT molecular complexity index is 714. The standard InChI is InChI=1S/C27H46O3S2/c1-8-9-10-11-12-13-14-15-27(6,7)32-19-25-20(2)24(21(3)26(29)22(25)4)18-31-17-16-30-23(5)28/h29H,8-19H2,1-7H3. The van der Waals surface area contributed by atoms with Gasteiger partial charge >= 0.3 is 5.97 Å². The van der Waals surface area contributed by atoms with Crippen LogP contribution in [-0.2, 0) is 21.0 Å². The SMILES string of the molecule is CCCCCCCCCC(C)(C)SCc1c(C)c(O)c(C)c(CSCCOC(C)=O)c1C. The number of phenols is 1. The van der Waals surface area contributed by atoms with Crippen LogP contribution < -0.4 is 0 Å². The number of aromatic hydroxyl groups is 1. The van der Waals surface area contributed by atoms with Gasteiger partial charge in [-0.15, -0.1) is 0 Å². The fraction of sp³-hybridized carbons (Fsp3) is 0.741. The number of carbonyl (C=O) groups is 1. The summed E-state index contributed by atoms with van der Waals surface area (Å²) >= 11 is 3.76.